The Morgan fingerprint density at radius 2 is 1.27 bits per heavy atom. The van der Waals surface area contributed by atoms with E-state index in [0.29, 0.717) is 9.33 Å². The fourth-order valence-corrected chi connectivity index (χ4v) is 5.19. The van der Waals surface area contributed by atoms with Gasteiger partial charge >= 0.3 is 0 Å². The molecule has 0 fully saturated rings. The van der Waals surface area contributed by atoms with Crippen molar-refractivity contribution in [3.05, 3.63) is 85.3 Å². The van der Waals surface area contributed by atoms with E-state index in [1.165, 1.54) is 36.4 Å². The summed E-state index contributed by atoms with van der Waals surface area (Å²) in [5, 5.41) is 8.42. The Balaban J connectivity index is 2.35. The van der Waals surface area contributed by atoms with Gasteiger partial charge < -0.3 is 5.11 Å². The first-order valence-corrected chi connectivity index (χ1v) is 11.4. The van der Waals surface area contributed by atoms with Crippen molar-refractivity contribution in [2.45, 2.75) is 4.90 Å². The lowest BCUT2D eigenvalue weighted by atomic mass is 10.2. The van der Waals surface area contributed by atoms with Crippen LogP contribution in [0.3, 0.4) is 0 Å². The summed E-state index contributed by atoms with van der Waals surface area (Å²) in [5.41, 5.74) is -0.461. The average molecular weight is 526 g/mol. The van der Waals surface area contributed by atoms with E-state index in [2.05, 4.69) is 0 Å². The molecule has 0 heterocycles. The Bertz CT molecular complexity index is 1200. The monoisotopic (exact) mass is 523 g/mol. The molecule has 0 bridgehead atoms. The van der Waals surface area contributed by atoms with Crippen molar-refractivity contribution in [2.75, 3.05) is 4.31 Å². The maximum absolute atomic E-state index is 13.5. The molecule has 0 saturated carbocycles. The second-order valence-electron chi connectivity index (χ2n) is 5.85. The first-order valence-electron chi connectivity index (χ1n) is 8.02. The zero-order chi connectivity index (χ0) is 22.2. The highest BCUT2D eigenvalue weighted by Crippen LogP contribution is 2.50. The van der Waals surface area contributed by atoms with Crippen molar-refractivity contribution >= 4 is 79.6 Å². The molecule has 0 atom stereocenters. The number of carbonyl (C=O) groups is 1. The minimum Gasteiger partial charge on any atom is -0.505 e. The van der Waals surface area contributed by atoms with Gasteiger partial charge in [-0.25, -0.2) is 8.42 Å². The minimum atomic E-state index is -4.55. The number of phenolic OH excluding ortho intramolecular Hbond substituents is 1. The molecule has 0 aliphatic carbocycles. The van der Waals surface area contributed by atoms with E-state index >= 15 is 0 Å². The average Bonchev–Trinajstić information content (AvgIpc) is 2.74. The SMILES string of the molecule is O=C(c1ccccc1)N(c1c(Cl)c(Cl)c(O)c(Cl)c1Cl)S(=O)(=O)c1ccc(Cl)cc1. The second kappa shape index (κ2) is 8.83. The number of halogens is 5. The molecule has 0 aromatic heterocycles. The van der Waals surface area contributed by atoms with E-state index in [0.717, 1.165) is 0 Å². The van der Waals surface area contributed by atoms with Crippen LogP contribution in [0.15, 0.2) is 59.5 Å². The van der Waals surface area contributed by atoms with E-state index in [1.54, 1.807) is 18.2 Å². The molecule has 0 aliphatic heterocycles. The van der Waals surface area contributed by atoms with Crippen LogP contribution < -0.4 is 4.31 Å². The van der Waals surface area contributed by atoms with Gasteiger partial charge in [-0.3, -0.25) is 4.79 Å². The van der Waals surface area contributed by atoms with Gasteiger partial charge in [-0.1, -0.05) is 76.2 Å². The third-order valence-corrected chi connectivity index (χ3v) is 7.59. The molecule has 3 aromatic rings. The number of benzene rings is 3. The Hall–Kier alpha value is -1.67. The van der Waals surface area contributed by atoms with Crippen molar-refractivity contribution in [3.63, 3.8) is 0 Å². The molecule has 0 saturated heterocycles. The number of anilines is 1. The molecular formula is C19H10Cl5NO4S. The van der Waals surface area contributed by atoms with Gasteiger partial charge in [0.05, 0.1) is 14.9 Å². The van der Waals surface area contributed by atoms with Gasteiger partial charge in [-0.2, -0.15) is 4.31 Å². The molecule has 30 heavy (non-hydrogen) atoms. The quantitative estimate of drug-likeness (QED) is 0.385. The summed E-state index contributed by atoms with van der Waals surface area (Å²) >= 11 is 30.3. The van der Waals surface area contributed by atoms with Gasteiger partial charge in [0, 0.05) is 10.6 Å². The number of nitrogens with zero attached hydrogens (tertiary/aromatic N) is 1. The lowest BCUT2D eigenvalue weighted by Crippen LogP contribution is -2.37. The van der Waals surface area contributed by atoms with Crippen LogP contribution in [0.1, 0.15) is 10.4 Å². The number of aromatic hydroxyl groups is 1. The summed E-state index contributed by atoms with van der Waals surface area (Å²) in [5.74, 6) is -1.61. The van der Waals surface area contributed by atoms with Gasteiger partial charge in [0.2, 0.25) is 0 Å². The molecule has 5 nitrogen and oxygen atoms in total. The molecule has 156 valence electrons. The van der Waals surface area contributed by atoms with Crippen molar-refractivity contribution in [1.82, 2.24) is 0 Å². The number of hydrogen-bond donors (Lipinski definition) is 1. The molecular weight excluding hydrogens is 516 g/mol. The van der Waals surface area contributed by atoms with Crippen LogP contribution in [0, 0.1) is 0 Å². The van der Waals surface area contributed by atoms with E-state index in [-0.39, 0.29) is 10.5 Å². The van der Waals surface area contributed by atoms with Crippen molar-refractivity contribution in [3.8, 4) is 5.75 Å². The minimum absolute atomic E-state index is 0.0301. The van der Waals surface area contributed by atoms with Gasteiger partial charge in [0.1, 0.15) is 15.7 Å². The molecule has 3 aromatic carbocycles. The third kappa shape index (κ3) is 4.08. The molecule has 11 heteroatoms. The van der Waals surface area contributed by atoms with Gasteiger partial charge in [0.15, 0.2) is 5.75 Å². The number of phenols is 1. The standard InChI is InChI=1S/C19H10Cl5NO4S/c20-11-6-8-12(9-7-11)30(28,29)25(19(27)10-4-2-1-3-5-10)17-13(21)15(23)18(26)16(24)14(17)22/h1-9,26H. The first-order chi connectivity index (χ1) is 14.1. The van der Waals surface area contributed by atoms with Crippen LogP contribution in [0.4, 0.5) is 5.69 Å². The van der Waals surface area contributed by atoms with Gasteiger partial charge in [-0.15, -0.1) is 0 Å². The van der Waals surface area contributed by atoms with Crippen LogP contribution >= 0.6 is 58.0 Å². The number of carbonyl (C=O) groups excluding carboxylic acids is 1. The molecule has 0 aliphatic rings. The fraction of sp³-hybridized carbons (Fsp3) is 0. The lowest BCUT2D eigenvalue weighted by molar-refractivity contribution is 0.101. The van der Waals surface area contributed by atoms with E-state index < -0.39 is 47.5 Å². The Morgan fingerprint density at radius 1 is 0.767 bits per heavy atom. The van der Waals surface area contributed by atoms with Crippen LogP contribution in [0.25, 0.3) is 0 Å². The van der Waals surface area contributed by atoms with Crippen molar-refractivity contribution < 1.29 is 18.3 Å². The largest absolute Gasteiger partial charge is 0.505 e. The van der Waals surface area contributed by atoms with Crippen molar-refractivity contribution in [2.24, 2.45) is 0 Å². The molecule has 0 unspecified atom stereocenters. The molecule has 3 rings (SSSR count). The zero-order valence-corrected chi connectivity index (χ0v) is 19.2. The summed E-state index contributed by atoms with van der Waals surface area (Å²) in [6.07, 6.45) is 0. The van der Waals surface area contributed by atoms with Gasteiger partial charge in [-0.05, 0) is 36.4 Å². The number of sulfonamides is 1. The van der Waals surface area contributed by atoms with Crippen LogP contribution in [0.5, 0.6) is 5.75 Å². The first kappa shape index (κ1) is 23.0. The number of rotatable bonds is 4. The molecule has 0 radical (unpaired) electrons. The summed E-state index contributed by atoms with van der Waals surface area (Å²) in [6.45, 7) is 0. The molecule has 0 spiro atoms. The van der Waals surface area contributed by atoms with Crippen molar-refractivity contribution in [1.29, 1.82) is 0 Å². The maximum atomic E-state index is 13.5. The van der Waals surface area contributed by atoms with Crippen LogP contribution in [-0.2, 0) is 10.0 Å². The van der Waals surface area contributed by atoms with E-state index in [1.807, 2.05) is 0 Å². The Kier molecular flexibility index (Phi) is 6.77. The predicted molar refractivity (Wildman–Crippen MR) is 120 cm³/mol. The number of amides is 1. The fourth-order valence-electron chi connectivity index (χ4n) is 2.53. The van der Waals surface area contributed by atoms with E-state index in [4.69, 9.17) is 58.0 Å². The summed E-state index contributed by atoms with van der Waals surface area (Å²) in [6, 6.07) is 12.7. The number of hydrogen-bond acceptors (Lipinski definition) is 4. The zero-order valence-electron chi connectivity index (χ0n) is 14.6. The summed E-state index contributed by atoms with van der Waals surface area (Å²) in [7, 11) is -4.55. The highest BCUT2D eigenvalue weighted by atomic mass is 35.5. The normalized spacial score (nSPS) is 11.4. The smallest absolute Gasteiger partial charge is 0.272 e. The Labute approximate surface area is 197 Å². The van der Waals surface area contributed by atoms with Crippen LogP contribution in [-0.4, -0.2) is 19.4 Å². The second-order valence-corrected chi connectivity index (χ2v) is 9.58. The molecule has 1 N–H and O–H groups in total. The third-order valence-electron chi connectivity index (χ3n) is 3.98. The lowest BCUT2D eigenvalue weighted by Gasteiger charge is -2.26. The topological polar surface area (TPSA) is 74.7 Å². The summed E-state index contributed by atoms with van der Waals surface area (Å²) in [4.78, 5) is 13.0. The molecule has 1 amide bonds. The predicted octanol–water partition coefficient (Wildman–Crippen LogP) is 6.69. The highest BCUT2D eigenvalue weighted by molar-refractivity contribution is 7.93. The van der Waals surface area contributed by atoms with Crippen LogP contribution in [0.2, 0.25) is 25.1 Å². The van der Waals surface area contributed by atoms with E-state index in [9.17, 15) is 18.3 Å². The summed E-state index contributed by atoms with van der Waals surface area (Å²) < 4.78 is 27.3. The highest BCUT2D eigenvalue weighted by Gasteiger charge is 2.37. The Morgan fingerprint density at radius 3 is 1.77 bits per heavy atom. The maximum Gasteiger partial charge on any atom is 0.272 e. The van der Waals surface area contributed by atoms with Gasteiger partial charge in [0.25, 0.3) is 15.9 Å².